The average Bonchev–Trinajstić information content (AvgIpc) is 3.11. The minimum Gasteiger partial charge on any atom is -0.355 e. The lowest BCUT2D eigenvalue weighted by Gasteiger charge is -2.30. The molecule has 5 heterocycles. The van der Waals surface area contributed by atoms with Crippen LogP contribution < -0.4 is 15.5 Å². The van der Waals surface area contributed by atoms with Crippen LogP contribution in [-0.4, -0.2) is 50.8 Å². The number of nitrogens with two attached hydrogens (primary N) is 1. The fraction of sp³-hybridized carbons (Fsp3) is 0.444. The van der Waals surface area contributed by atoms with Gasteiger partial charge in [0, 0.05) is 31.9 Å². The molecule has 2 aliphatic heterocycles. The number of hydrogen-bond acceptors (Lipinski definition) is 7. The fourth-order valence-corrected chi connectivity index (χ4v) is 3.86. The summed E-state index contributed by atoms with van der Waals surface area (Å²) in [5.74, 6) is 1.72. The van der Waals surface area contributed by atoms with Crippen molar-refractivity contribution in [3.63, 3.8) is 0 Å². The molecule has 0 saturated carbocycles. The van der Waals surface area contributed by atoms with Crippen molar-refractivity contribution in [2.75, 3.05) is 29.4 Å². The standard InChI is InChI=1S/C18H22N8/c19-12-5-9-25(10-6-12)15-11-21-16-17(22-15)23-24-18(16)26-8-2-3-13-14(26)4-1-7-20-13/h1,4,7,11-12H,2-3,5-6,8-10,19H2,(H,22,23,24). The van der Waals surface area contributed by atoms with Crippen molar-refractivity contribution in [3.05, 3.63) is 30.2 Å². The number of H-pyrrole nitrogens is 1. The van der Waals surface area contributed by atoms with E-state index < -0.39 is 0 Å². The molecule has 3 aromatic rings. The summed E-state index contributed by atoms with van der Waals surface area (Å²) < 4.78 is 0. The van der Waals surface area contributed by atoms with Gasteiger partial charge in [0.15, 0.2) is 17.0 Å². The maximum atomic E-state index is 6.00. The highest BCUT2D eigenvalue weighted by Gasteiger charge is 2.24. The summed E-state index contributed by atoms with van der Waals surface area (Å²) in [5.41, 5.74) is 9.76. The van der Waals surface area contributed by atoms with E-state index >= 15 is 0 Å². The zero-order valence-corrected chi connectivity index (χ0v) is 14.6. The topological polar surface area (TPSA) is 99.9 Å². The summed E-state index contributed by atoms with van der Waals surface area (Å²) in [6.45, 7) is 2.76. The van der Waals surface area contributed by atoms with Gasteiger partial charge < -0.3 is 15.5 Å². The zero-order valence-electron chi connectivity index (χ0n) is 14.6. The molecular weight excluding hydrogens is 328 g/mol. The highest BCUT2D eigenvalue weighted by Crippen LogP contribution is 2.34. The largest absolute Gasteiger partial charge is 0.355 e. The van der Waals surface area contributed by atoms with Crippen molar-refractivity contribution in [3.8, 4) is 0 Å². The first-order valence-electron chi connectivity index (χ1n) is 9.22. The number of aryl methyl sites for hydroxylation is 1. The highest BCUT2D eigenvalue weighted by atomic mass is 15.3. The lowest BCUT2D eigenvalue weighted by atomic mass is 10.1. The number of nitrogens with one attached hydrogen (secondary N) is 1. The quantitative estimate of drug-likeness (QED) is 0.726. The molecule has 0 unspecified atom stereocenters. The molecule has 3 aromatic heterocycles. The molecule has 1 fully saturated rings. The van der Waals surface area contributed by atoms with Crippen molar-refractivity contribution in [2.24, 2.45) is 5.73 Å². The Morgan fingerprint density at radius 1 is 1.15 bits per heavy atom. The first-order valence-corrected chi connectivity index (χ1v) is 9.22. The molecule has 134 valence electrons. The molecule has 2 aliphatic rings. The predicted molar refractivity (Wildman–Crippen MR) is 101 cm³/mol. The number of piperidine rings is 1. The second kappa shape index (κ2) is 6.21. The molecule has 5 rings (SSSR count). The highest BCUT2D eigenvalue weighted by molar-refractivity contribution is 5.87. The Kier molecular flexibility index (Phi) is 3.70. The van der Waals surface area contributed by atoms with Crippen molar-refractivity contribution < 1.29 is 0 Å². The van der Waals surface area contributed by atoms with Crippen LogP contribution in [0.2, 0.25) is 0 Å². The minimum absolute atomic E-state index is 0.300. The third-order valence-electron chi connectivity index (χ3n) is 5.31. The lowest BCUT2D eigenvalue weighted by Crippen LogP contribution is -2.40. The molecule has 8 nitrogen and oxygen atoms in total. The first kappa shape index (κ1) is 15.5. The van der Waals surface area contributed by atoms with Crippen LogP contribution in [0.1, 0.15) is 25.0 Å². The molecule has 1 saturated heterocycles. The summed E-state index contributed by atoms with van der Waals surface area (Å²) >= 11 is 0. The summed E-state index contributed by atoms with van der Waals surface area (Å²) in [6, 6.07) is 4.37. The number of aromatic amines is 1. The predicted octanol–water partition coefficient (Wildman–Crippen LogP) is 1.76. The van der Waals surface area contributed by atoms with E-state index in [9.17, 15) is 0 Å². The third-order valence-corrected chi connectivity index (χ3v) is 5.31. The van der Waals surface area contributed by atoms with Gasteiger partial charge in [-0.05, 0) is 37.8 Å². The van der Waals surface area contributed by atoms with Gasteiger partial charge in [-0.3, -0.25) is 10.1 Å². The number of anilines is 3. The second-order valence-electron chi connectivity index (χ2n) is 7.02. The average molecular weight is 350 g/mol. The maximum Gasteiger partial charge on any atom is 0.183 e. The Bertz CT molecular complexity index is 928. The van der Waals surface area contributed by atoms with Crippen LogP contribution in [0.5, 0.6) is 0 Å². The number of pyridine rings is 1. The first-order chi connectivity index (χ1) is 12.8. The Labute approximate surface area is 151 Å². The van der Waals surface area contributed by atoms with Crippen LogP contribution >= 0.6 is 0 Å². The van der Waals surface area contributed by atoms with Crippen LogP contribution in [-0.2, 0) is 6.42 Å². The van der Waals surface area contributed by atoms with Crippen LogP contribution in [0, 0.1) is 0 Å². The van der Waals surface area contributed by atoms with Gasteiger partial charge in [-0.25, -0.2) is 9.97 Å². The Balaban J connectivity index is 1.49. The summed E-state index contributed by atoms with van der Waals surface area (Å²) in [6.07, 6.45) is 7.74. The molecule has 0 aromatic carbocycles. The number of nitrogens with zero attached hydrogens (tertiary/aromatic N) is 6. The maximum absolute atomic E-state index is 6.00. The molecule has 0 atom stereocenters. The van der Waals surface area contributed by atoms with Crippen LogP contribution in [0.4, 0.5) is 17.3 Å². The molecular formula is C18H22N8. The van der Waals surface area contributed by atoms with Gasteiger partial charge in [0.2, 0.25) is 0 Å². The van der Waals surface area contributed by atoms with Crippen molar-refractivity contribution in [1.29, 1.82) is 0 Å². The molecule has 0 amide bonds. The van der Waals surface area contributed by atoms with Gasteiger partial charge in [0.05, 0.1) is 17.6 Å². The molecule has 0 aliphatic carbocycles. The molecule has 8 heteroatoms. The zero-order chi connectivity index (χ0) is 17.5. The van der Waals surface area contributed by atoms with Crippen LogP contribution in [0.25, 0.3) is 11.2 Å². The fourth-order valence-electron chi connectivity index (χ4n) is 3.86. The van der Waals surface area contributed by atoms with Gasteiger partial charge in [0.1, 0.15) is 5.82 Å². The monoisotopic (exact) mass is 350 g/mol. The Morgan fingerprint density at radius 2 is 2.04 bits per heavy atom. The molecule has 0 spiro atoms. The SMILES string of the molecule is NC1CCN(c2cnc3c(N4CCCc5ncccc54)n[nH]c3n2)CC1. The van der Waals surface area contributed by atoms with Gasteiger partial charge in [-0.15, -0.1) is 0 Å². The number of rotatable bonds is 2. The van der Waals surface area contributed by atoms with Gasteiger partial charge in [-0.2, -0.15) is 5.10 Å². The third kappa shape index (κ3) is 2.57. The van der Waals surface area contributed by atoms with E-state index in [1.54, 1.807) is 0 Å². The van der Waals surface area contributed by atoms with Crippen molar-refractivity contribution in [2.45, 2.75) is 31.7 Å². The summed E-state index contributed by atoms with van der Waals surface area (Å²) in [4.78, 5) is 18.4. The second-order valence-corrected chi connectivity index (χ2v) is 7.02. The van der Waals surface area contributed by atoms with Crippen LogP contribution in [0.15, 0.2) is 24.5 Å². The Morgan fingerprint density at radius 3 is 2.92 bits per heavy atom. The molecule has 0 bridgehead atoms. The Hall–Kier alpha value is -2.74. The number of fused-ring (bicyclic) bond motifs is 2. The van der Waals surface area contributed by atoms with E-state index in [4.69, 9.17) is 15.7 Å². The lowest BCUT2D eigenvalue weighted by molar-refractivity contribution is 0.498. The van der Waals surface area contributed by atoms with E-state index in [0.29, 0.717) is 6.04 Å². The molecule has 26 heavy (non-hydrogen) atoms. The van der Waals surface area contributed by atoms with E-state index in [1.807, 2.05) is 18.5 Å². The summed E-state index contributed by atoms with van der Waals surface area (Å²) in [7, 11) is 0. The number of aromatic nitrogens is 5. The van der Waals surface area contributed by atoms with E-state index in [-0.39, 0.29) is 0 Å². The molecule has 0 radical (unpaired) electrons. The van der Waals surface area contributed by atoms with E-state index in [0.717, 1.165) is 79.5 Å². The summed E-state index contributed by atoms with van der Waals surface area (Å²) in [5, 5.41) is 7.59. The van der Waals surface area contributed by atoms with E-state index in [1.165, 1.54) is 0 Å². The van der Waals surface area contributed by atoms with Crippen molar-refractivity contribution in [1.82, 2.24) is 25.1 Å². The minimum atomic E-state index is 0.300. The molecule has 3 N–H and O–H groups in total. The van der Waals surface area contributed by atoms with Crippen molar-refractivity contribution >= 4 is 28.5 Å². The van der Waals surface area contributed by atoms with Gasteiger partial charge in [-0.1, -0.05) is 0 Å². The normalized spacial score (nSPS) is 18.3. The van der Waals surface area contributed by atoms with Crippen LogP contribution in [0.3, 0.4) is 0 Å². The van der Waals surface area contributed by atoms with Gasteiger partial charge >= 0.3 is 0 Å². The smallest absolute Gasteiger partial charge is 0.183 e. The van der Waals surface area contributed by atoms with Gasteiger partial charge in [0.25, 0.3) is 0 Å². The van der Waals surface area contributed by atoms with E-state index in [2.05, 4.69) is 31.0 Å². The number of hydrogen-bond donors (Lipinski definition) is 2.